The fraction of sp³-hybridized carbons (Fsp3) is 0.182. The molecule has 16 heavy (non-hydrogen) atoms. The highest BCUT2D eigenvalue weighted by molar-refractivity contribution is 8.32. The van der Waals surface area contributed by atoms with Crippen molar-refractivity contribution in [1.29, 1.82) is 0 Å². The Labute approximate surface area is 103 Å². The van der Waals surface area contributed by atoms with Crippen LogP contribution in [-0.4, -0.2) is 19.2 Å². The number of thioether (sulfide) groups is 1. The van der Waals surface area contributed by atoms with Crippen LogP contribution in [0.25, 0.3) is 10.9 Å². The fourth-order valence-electron chi connectivity index (χ4n) is 1.53. The van der Waals surface area contributed by atoms with Crippen LogP contribution in [0.15, 0.2) is 24.3 Å². The number of carbonyl (C=O) groups excluding carboxylic acids is 1. The van der Waals surface area contributed by atoms with Gasteiger partial charge in [-0.15, -0.1) is 0 Å². The third-order valence-corrected chi connectivity index (χ3v) is 3.23. The topological polar surface area (TPSA) is 34.9 Å². The Balaban J connectivity index is 2.53. The van der Waals surface area contributed by atoms with Gasteiger partial charge in [0.1, 0.15) is 0 Å². The zero-order chi connectivity index (χ0) is 11.7. The molecule has 0 N–H and O–H groups in total. The number of benzene rings is 1. The number of aryl methyl sites for hydroxylation is 1. The van der Waals surface area contributed by atoms with Crippen LogP contribution in [0.1, 0.15) is 12.6 Å². The van der Waals surface area contributed by atoms with Crippen molar-refractivity contribution >= 4 is 44.3 Å². The molecule has 5 heteroatoms. The molecule has 0 unspecified atom stereocenters. The monoisotopic (exact) mass is 250 g/mol. The SMILES string of the molecule is CC(=O)SC(=S)n1nc(C)c2ccccc21. The number of thiocarbonyl (C=S) groups is 1. The van der Waals surface area contributed by atoms with Crippen LogP contribution in [-0.2, 0) is 4.79 Å². The van der Waals surface area contributed by atoms with Crippen molar-refractivity contribution in [3.8, 4) is 0 Å². The van der Waals surface area contributed by atoms with E-state index in [9.17, 15) is 4.79 Å². The van der Waals surface area contributed by atoms with Crippen LogP contribution in [0.4, 0.5) is 0 Å². The van der Waals surface area contributed by atoms with Gasteiger partial charge >= 0.3 is 0 Å². The molecule has 0 aliphatic heterocycles. The van der Waals surface area contributed by atoms with Gasteiger partial charge in [-0.25, -0.2) is 4.68 Å². The normalized spacial score (nSPS) is 10.6. The van der Waals surface area contributed by atoms with Crippen molar-refractivity contribution in [3.63, 3.8) is 0 Å². The quantitative estimate of drug-likeness (QED) is 0.673. The summed E-state index contributed by atoms with van der Waals surface area (Å²) in [5, 5.41) is 5.38. The van der Waals surface area contributed by atoms with Gasteiger partial charge in [0, 0.05) is 12.3 Å². The van der Waals surface area contributed by atoms with Crippen molar-refractivity contribution in [2.45, 2.75) is 13.8 Å². The fourth-order valence-corrected chi connectivity index (χ4v) is 2.49. The van der Waals surface area contributed by atoms with E-state index in [4.69, 9.17) is 12.2 Å². The lowest BCUT2D eigenvalue weighted by molar-refractivity contribution is -0.109. The Morgan fingerprint density at radius 2 is 2.12 bits per heavy atom. The summed E-state index contributed by atoms with van der Waals surface area (Å²) in [6.45, 7) is 3.43. The van der Waals surface area contributed by atoms with Gasteiger partial charge < -0.3 is 0 Å². The average molecular weight is 250 g/mol. The number of nitrogens with zero attached hydrogens (tertiary/aromatic N) is 2. The molecular weight excluding hydrogens is 240 g/mol. The Kier molecular flexibility index (Phi) is 3.07. The Hall–Kier alpha value is -1.20. The second-order valence-electron chi connectivity index (χ2n) is 3.37. The van der Waals surface area contributed by atoms with Crippen molar-refractivity contribution < 1.29 is 4.79 Å². The molecule has 0 amide bonds. The number of aromatic nitrogens is 2. The molecule has 1 aromatic heterocycles. The minimum atomic E-state index is -0.0257. The summed E-state index contributed by atoms with van der Waals surface area (Å²) < 4.78 is 2.11. The molecule has 0 fully saturated rings. The lowest BCUT2D eigenvalue weighted by Crippen LogP contribution is -2.08. The second kappa shape index (κ2) is 4.35. The first-order valence-corrected chi connectivity index (χ1v) is 5.99. The van der Waals surface area contributed by atoms with Crippen LogP contribution >= 0.6 is 24.0 Å². The predicted octanol–water partition coefficient (Wildman–Crippen LogP) is 2.76. The first-order chi connectivity index (χ1) is 7.59. The van der Waals surface area contributed by atoms with Crippen molar-refractivity contribution in [2.24, 2.45) is 0 Å². The first-order valence-electron chi connectivity index (χ1n) is 4.76. The molecule has 0 aliphatic carbocycles. The van der Waals surface area contributed by atoms with E-state index in [1.165, 1.54) is 6.92 Å². The molecule has 0 spiro atoms. The number of fused-ring (bicyclic) bond motifs is 1. The summed E-state index contributed by atoms with van der Waals surface area (Å²) in [5.74, 6) is 0. The largest absolute Gasteiger partial charge is 0.287 e. The van der Waals surface area contributed by atoms with E-state index < -0.39 is 0 Å². The average Bonchev–Trinajstić information content (AvgIpc) is 2.56. The lowest BCUT2D eigenvalue weighted by atomic mass is 10.2. The number of hydrogen-bond donors (Lipinski definition) is 0. The minimum Gasteiger partial charge on any atom is -0.287 e. The number of rotatable bonds is 0. The molecular formula is C11H10N2OS2. The maximum Gasteiger partial charge on any atom is 0.192 e. The summed E-state index contributed by atoms with van der Waals surface area (Å²) in [6.07, 6.45) is 0. The van der Waals surface area contributed by atoms with Crippen molar-refractivity contribution in [3.05, 3.63) is 30.0 Å². The first kappa shape index (κ1) is 11.3. The molecule has 0 radical (unpaired) electrons. The van der Waals surface area contributed by atoms with E-state index in [0.717, 1.165) is 28.4 Å². The van der Waals surface area contributed by atoms with Gasteiger partial charge in [-0.2, -0.15) is 5.10 Å². The van der Waals surface area contributed by atoms with Gasteiger partial charge in [-0.3, -0.25) is 4.79 Å². The molecule has 0 aliphatic rings. The number of carbonyl (C=O) groups is 1. The van der Waals surface area contributed by atoms with Crippen molar-refractivity contribution in [2.75, 3.05) is 0 Å². The lowest BCUT2D eigenvalue weighted by Gasteiger charge is -2.01. The molecule has 0 atom stereocenters. The van der Waals surface area contributed by atoms with E-state index in [1.54, 1.807) is 4.68 Å². The molecule has 3 nitrogen and oxygen atoms in total. The summed E-state index contributed by atoms with van der Waals surface area (Å²) in [5.41, 5.74) is 1.86. The molecule has 82 valence electrons. The second-order valence-corrected chi connectivity index (χ2v) is 5.18. The molecule has 0 bridgehead atoms. The molecule has 1 aromatic carbocycles. The third kappa shape index (κ3) is 2.01. The maximum atomic E-state index is 11.0. The van der Waals surface area contributed by atoms with E-state index in [0.29, 0.717) is 4.32 Å². The van der Waals surface area contributed by atoms with Crippen LogP contribution in [0, 0.1) is 6.92 Å². The Morgan fingerprint density at radius 3 is 2.81 bits per heavy atom. The van der Waals surface area contributed by atoms with E-state index in [1.807, 2.05) is 31.2 Å². The maximum absolute atomic E-state index is 11.0. The number of para-hydroxylation sites is 1. The van der Waals surface area contributed by atoms with E-state index in [2.05, 4.69) is 5.10 Å². The van der Waals surface area contributed by atoms with Crippen molar-refractivity contribution in [1.82, 2.24) is 9.78 Å². The predicted molar refractivity (Wildman–Crippen MR) is 70.7 cm³/mol. The highest BCUT2D eigenvalue weighted by Gasteiger charge is 2.11. The van der Waals surface area contributed by atoms with Gasteiger partial charge in [0.2, 0.25) is 0 Å². The minimum absolute atomic E-state index is 0.0257. The Morgan fingerprint density at radius 1 is 1.44 bits per heavy atom. The number of hydrogen-bond acceptors (Lipinski definition) is 4. The summed E-state index contributed by atoms with van der Waals surface area (Å²) in [6, 6.07) is 7.83. The molecule has 2 aromatic rings. The molecule has 2 rings (SSSR count). The van der Waals surface area contributed by atoms with Crippen LogP contribution in [0.2, 0.25) is 0 Å². The van der Waals surface area contributed by atoms with Gasteiger partial charge in [0.05, 0.1) is 11.2 Å². The zero-order valence-electron chi connectivity index (χ0n) is 8.93. The van der Waals surface area contributed by atoms with Gasteiger partial charge in [-0.05, 0) is 37.0 Å². The van der Waals surface area contributed by atoms with E-state index in [-0.39, 0.29) is 5.12 Å². The smallest absolute Gasteiger partial charge is 0.192 e. The molecule has 0 saturated heterocycles. The van der Waals surface area contributed by atoms with E-state index >= 15 is 0 Å². The third-order valence-electron chi connectivity index (χ3n) is 2.18. The van der Waals surface area contributed by atoms with Gasteiger partial charge in [0.15, 0.2) is 9.44 Å². The van der Waals surface area contributed by atoms with Crippen LogP contribution in [0.3, 0.4) is 0 Å². The Bertz CT molecular complexity index is 574. The summed E-state index contributed by atoms with van der Waals surface area (Å²) in [7, 11) is 0. The van der Waals surface area contributed by atoms with Gasteiger partial charge in [0.25, 0.3) is 0 Å². The van der Waals surface area contributed by atoms with Crippen LogP contribution in [0.5, 0.6) is 0 Å². The van der Waals surface area contributed by atoms with Crippen LogP contribution < -0.4 is 0 Å². The molecule has 1 heterocycles. The summed E-state index contributed by atoms with van der Waals surface area (Å²) >= 11 is 6.21. The zero-order valence-corrected chi connectivity index (χ0v) is 10.6. The highest BCUT2D eigenvalue weighted by atomic mass is 32.2. The van der Waals surface area contributed by atoms with Gasteiger partial charge in [-0.1, -0.05) is 18.2 Å². The highest BCUT2D eigenvalue weighted by Crippen LogP contribution is 2.20. The standard InChI is InChI=1S/C11H10N2OS2/c1-7-9-5-3-4-6-10(9)13(12-7)11(15)16-8(2)14/h3-6H,1-2H3. The molecule has 0 saturated carbocycles. The summed E-state index contributed by atoms with van der Waals surface area (Å²) in [4.78, 5) is 11.0.